The van der Waals surface area contributed by atoms with Crippen LogP contribution in [0.1, 0.15) is 13.8 Å². The highest BCUT2D eigenvalue weighted by molar-refractivity contribution is 5.36. The van der Waals surface area contributed by atoms with Gasteiger partial charge in [0.25, 0.3) is 0 Å². The minimum atomic E-state index is -0.394. The van der Waals surface area contributed by atoms with E-state index in [1.807, 2.05) is 32.1 Å². The second-order valence-electron chi connectivity index (χ2n) is 2.64. The monoisotopic (exact) mass is 136 g/mol. The van der Waals surface area contributed by atoms with Crippen LogP contribution in [0.3, 0.4) is 0 Å². The molecule has 0 aromatic rings. The van der Waals surface area contributed by atoms with Crippen LogP contribution in [0.2, 0.25) is 0 Å². The van der Waals surface area contributed by atoms with Gasteiger partial charge in [0.1, 0.15) is 0 Å². The zero-order valence-electron chi connectivity index (χ0n) is 6.33. The van der Waals surface area contributed by atoms with Gasteiger partial charge in [-0.3, -0.25) is 0 Å². The van der Waals surface area contributed by atoms with Crippen LogP contribution in [-0.4, -0.2) is 11.2 Å². The van der Waals surface area contributed by atoms with Crippen molar-refractivity contribution in [1.82, 2.24) is 0 Å². The molecule has 0 aromatic heterocycles. The average molecular weight is 136 g/mol. The minimum Gasteiger partial charge on any atom is -0.384 e. The van der Waals surface area contributed by atoms with Crippen molar-refractivity contribution in [3.63, 3.8) is 0 Å². The Morgan fingerprint density at radius 3 is 2.50 bits per heavy atom. The second kappa shape index (κ2) is 2.84. The molecule has 10 heavy (non-hydrogen) atoms. The van der Waals surface area contributed by atoms with Crippen molar-refractivity contribution in [1.29, 1.82) is 0 Å². The van der Waals surface area contributed by atoms with Crippen LogP contribution in [0.15, 0.2) is 35.5 Å². The van der Waals surface area contributed by atoms with E-state index in [2.05, 4.69) is 0 Å². The molecule has 1 unspecified atom stereocenters. The summed E-state index contributed by atoms with van der Waals surface area (Å²) in [5.74, 6) is 0. The fraction of sp³-hybridized carbons (Fsp3) is 0.333. The lowest BCUT2D eigenvalue weighted by Crippen LogP contribution is -2.07. The predicted octanol–water partition coefficient (Wildman–Crippen LogP) is 1.81. The molecule has 1 N–H and O–H groups in total. The molecular formula is C9H12O. The van der Waals surface area contributed by atoms with Gasteiger partial charge in [0.15, 0.2) is 0 Å². The summed E-state index contributed by atoms with van der Waals surface area (Å²) < 4.78 is 0. The molecule has 54 valence electrons. The summed E-state index contributed by atoms with van der Waals surface area (Å²) in [6.07, 6.45) is 7.13. The third kappa shape index (κ3) is 1.36. The predicted molar refractivity (Wildman–Crippen MR) is 42.7 cm³/mol. The molecule has 0 aromatic carbocycles. The molecule has 1 aliphatic rings. The number of rotatable bonds is 0. The average Bonchev–Trinajstić information content (AvgIpc) is 1.88. The standard InChI is InChI=1S/C9H12O/c1-7(2)8-5-3-4-6-9(8)10/h3-6,9-10H,1-2H3. The van der Waals surface area contributed by atoms with Crippen molar-refractivity contribution < 1.29 is 5.11 Å². The van der Waals surface area contributed by atoms with Crippen molar-refractivity contribution in [3.05, 3.63) is 35.5 Å². The van der Waals surface area contributed by atoms with Crippen LogP contribution in [-0.2, 0) is 0 Å². The second-order valence-corrected chi connectivity index (χ2v) is 2.64. The number of aliphatic hydroxyl groups excluding tert-OH is 1. The zero-order chi connectivity index (χ0) is 7.56. The van der Waals surface area contributed by atoms with Crippen LogP contribution in [0.5, 0.6) is 0 Å². The SMILES string of the molecule is CC(C)=C1C=CC=CC1O. The topological polar surface area (TPSA) is 20.2 Å². The highest BCUT2D eigenvalue weighted by Gasteiger charge is 2.06. The molecule has 0 aliphatic heterocycles. The summed E-state index contributed by atoms with van der Waals surface area (Å²) >= 11 is 0. The molecular weight excluding hydrogens is 124 g/mol. The molecule has 0 bridgehead atoms. The maximum atomic E-state index is 9.34. The Kier molecular flexibility index (Phi) is 2.07. The van der Waals surface area contributed by atoms with E-state index in [0.29, 0.717) is 0 Å². The van der Waals surface area contributed by atoms with E-state index in [1.165, 1.54) is 5.57 Å². The van der Waals surface area contributed by atoms with E-state index >= 15 is 0 Å². The van der Waals surface area contributed by atoms with Gasteiger partial charge < -0.3 is 5.11 Å². The van der Waals surface area contributed by atoms with E-state index in [9.17, 15) is 5.11 Å². The number of aliphatic hydroxyl groups is 1. The third-order valence-corrected chi connectivity index (χ3v) is 1.58. The van der Waals surface area contributed by atoms with Crippen LogP contribution in [0.4, 0.5) is 0 Å². The van der Waals surface area contributed by atoms with Crippen LogP contribution >= 0.6 is 0 Å². The summed E-state index contributed by atoms with van der Waals surface area (Å²) in [4.78, 5) is 0. The molecule has 0 heterocycles. The van der Waals surface area contributed by atoms with Crippen molar-refractivity contribution >= 4 is 0 Å². The van der Waals surface area contributed by atoms with Crippen LogP contribution < -0.4 is 0 Å². The van der Waals surface area contributed by atoms with E-state index in [-0.39, 0.29) is 0 Å². The highest BCUT2D eigenvalue weighted by Crippen LogP contribution is 2.14. The Hall–Kier alpha value is -0.820. The lowest BCUT2D eigenvalue weighted by molar-refractivity contribution is 0.261. The Balaban J connectivity index is 2.91. The quantitative estimate of drug-likeness (QED) is 0.538. The number of allylic oxidation sites excluding steroid dienone is 3. The van der Waals surface area contributed by atoms with Gasteiger partial charge in [-0.25, -0.2) is 0 Å². The van der Waals surface area contributed by atoms with E-state index < -0.39 is 6.10 Å². The van der Waals surface area contributed by atoms with Gasteiger partial charge in [-0.1, -0.05) is 29.9 Å². The fourth-order valence-electron chi connectivity index (χ4n) is 0.993. The molecule has 1 heteroatoms. The molecule has 1 nitrogen and oxygen atoms in total. The van der Waals surface area contributed by atoms with Gasteiger partial charge in [0.2, 0.25) is 0 Å². The molecule has 0 spiro atoms. The molecule has 1 rings (SSSR count). The van der Waals surface area contributed by atoms with Gasteiger partial charge in [-0.2, -0.15) is 0 Å². The lowest BCUT2D eigenvalue weighted by Gasteiger charge is -2.11. The largest absolute Gasteiger partial charge is 0.384 e. The summed E-state index contributed by atoms with van der Waals surface area (Å²) in [6.45, 7) is 4.00. The first-order valence-electron chi connectivity index (χ1n) is 3.42. The summed E-state index contributed by atoms with van der Waals surface area (Å²) in [5.41, 5.74) is 2.19. The lowest BCUT2D eigenvalue weighted by atomic mass is 10.0. The summed E-state index contributed by atoms with van der Waals surface area (Å²) in [6, 6.07) is 0. The van der Waals surface area contributed by atoms with Crippen molar-refractivity contribution in [3.8, 4) is 0 Å². The first-order chi connectivity index (χ1) is 4.72. The summed E-state index contributed by atoms with van der Waals surface area (Å²) in [7, 11) is 0. The summed E-state index contributed by atoms with van der Waals surface area (Å²) in [5, 5.41) is 9.34. The Morgan fingerprint density at radius 1 is 1.40 bits per heavy atom. The Morgan fingerprint density at radius 2 is 2.10 bits per heavy atom. The zero-order valence-corrected chi connectivity index (χ0v) is 6.33. The first kappa shape index (κ1) is 7.29. The van der Waals surface area contributed by atoms with Gasteiger partial charge in [-0.05, 0) is 19.4 Å². The molecule has 0 amide bonds. The third-order valence-electron chi connectivity index (χ3n) is 1.58. The fourth-order valence-corrected chi connectivity index (χ4v) is 0.993. The first-order valence-corrected chi connectivity index (χ1v) is 3.42. The molecule has 1 aliphatic carbocycles. The van der Waals surface area contributed by atoms with Crippen molar-refractivity contribution in [2.75, 3.05) is 0 Å². The van der Waals surface area contributed by atoms with Crippen LogP contribution in [0, 0.1) is 0 Å². The van der Waals surface area contributed by atoms with E-state index in [4.69, 9.17) is 0 Å². The normalized spacial score (nSPS) is 23.5. The van der Waals surface area contributed by atoms with E-state index in [1.54, 1.807) is 6.08 Å². The van der Waals surface area contributed by atoms with Gasteiger partial charge in [-0.15, -0.1) is 0 Å². The smallest absolute Gasteiger partial charge is 0.0974 e. The Labute approximate surface area is 61.4 Å². The Bertz CT molecular complexity index is 205. The molecule has 1 atom stereocenters. The van der Waals surface area contributed by atoms with Crippen molar-refractivity contribution in [2.24, 2.45) is 0 Å². The van der Waals surface area contributed by atoms with Gasteiger partial charge in [0, 0.05) is 0 Å². The van der Waals surface area contributed by atoms with Crippen LogP contribution in [0.25, 0.3) is 0 Å². The molecule has 0 saturated carbocycles. The number of hydrogen-bond donors (Lipinski definition) is 1. The maximum absolute atomic E-state index is 9.34. The number of hydrogen-bond acceptors (Lipinski definition) is 1. The molecule has 0 fully saturated rings. The minimum absolute atomic E-state index is 0.394. The van der Waals surface area contributed by atoms with E-state index in [0.717, 1.165) is 5.57 Å². The molecule has 0 saturated heterocycles. The van der Waals surface area contributed by atoms with Crippen molar-refractivity contribution in [2.45, 2.75) is 20.0 Å². The van der Waals surface area contributed by atoms with Gasteiger partial charge in [0.05, 0.1) is 6.10 Å². The highest BCUT2D eigenvalue weighted by atomic mass is 16.3. The maximum Gasteiger partial charge on any atom is 0.0974 e. The van der Waals surface area contributed by atoms with Gasteiger partial charge >= 0.3 is 0 Å². The molecule has 0 radical (unpaired) electrons.